The van der Waals surface area contributed by atoms with Crippen LogP contribution in [0.15, 0.2) is 58.3 Å². The fourth-order valence-electron chi connectivity index (χ4n) is 2.30. The standard InChI is InChI=1S/C15H13N5O7S2.Na/c21-15-19-13(16-9-5-1-3-7-11(9)28(22,23)24)18-14(20-15)17-10-6-2-4-8-12(10)29(25,26)27;/h1-8H,(H,22,23,24)(H,25,26,27)(H3,16,17,18,19,20,21);/q;+1/p-1. The Morgan fingerprint density at radius 1 is 0.700 bits per heavy atom. The molecule has 0 aliphatic rings. The summed E-state index contributed by atoms with van der Waals surface area (Å²) in [6.07, 6.45) is 0. The van der Waals surface area contributed by atoms with E-state index in [9.17, 15) is 31.0 Å². The van der Waals surface area contributed by atoms with E-state index in [-0.39, 0.29) is 52.8 Å². The van der Waals surface area contributed by atoms with E-state index in [0.717, 1.165) is 12.1 Å². The van der Waals surface area contributed by atoms with Crippen molar-refractivity contribution in [3.8, 4) is 6.01 Å². The summed E-state index contributed by atoms with van der Waals surface area (Å²) in [7, 11) is -9.13. The van der Waals surface area contributed by atoms with E-state index in [1.54, 1.807) is 0 Å². The third-order valence-corrected chi connectivity index (χ3v) is 5.26. The summed E-state index contributed by atoms with van der Waals surface area (Å²) in [5, 5.41) is 16.7. The van der Waals surface area contributed by atoms with E-state index in [1.807, 2.05) is 0 Å². The van der Waals surface area contributed by atoms with Gasteiger partial charge in [0.05, 0.1) is 17.4 Å². The number of nitrogens with one attached hydrogen (secondary N) is 2. The van der Waals surface area contributed by atoms with Gasteiger partial charge in [0.25, 0.3) is 20.2 Å². The number of anilines is 4. The minimum Gasteiger partial charge on any atom is -0.844 e. The van der Waals surface area contributed by atoms with Crippen molar-refractivity contribution >= 4 is 43.5 Å². The maximum Gasteiger partial charge on any atom is 1.00 e. The van der Waals surface area contributed by atoms with Crippen molar-refractivity contribution in [1.29, 1.82) is 0 Å². The van der Waals surface area contributed by atoms with E-state index in [0.29, 0.717) is 0 Å². The molecule has 3 aromatic rings. The van der Waals surface area contributed by atoms with Crippen LogP contribution in [-0.2, 0) is 20.2 Å². The number of aromatic nitrogens is 3. The van der Waals surface area contributed by atoms with Crippen LogP contribution < -0.4 is 45.3 Å². The van der Waals surface area contributed by atoms with Gasteiger partial charge in [0.15, 0.2) is 0 Å². The Labute approximate surface area is 193 Å². The van der Waals surface area contributed by atoms with Crippen LogP contribution in [-0.4, -0.2) is 40.9 Å². The van der Waals surface area contributed by atoms with Crippen LogP contribution in [0.3, 0.4) is 0 Å². The number of para-hydroxylation sites is 2. The molecule has 12 nitrogen and oxygen atoms in total. The van der Waals surface area contributed by atoms with E-state index in [4.69, 9.17) is 0 Å². The van der Waals surface area contributed by atoms with Crippen molar-refractivity contribution in [1.82, 2.24) is 15.0 Å². The number of hydrogen-bond donors (Lipinski definition) is 4. The largest absolute Gasteiger partial charge is 1.00 e. The predicted molar refractivity (Wildman–Crippen MR) is 98.4 cm³/mol. The minimum atomic E-state index is -4.57. The first-order valence-electron chi connectivity index (χ1n) is 7.64. The number of benzene rings is 2. The Morgan fingerprint density at radius 3 is 1.43 bits per heavy atom. The Balaban J connectivity index is 0.00000320. The zero-order chi connectivity index (χ0) is 21.2. The molecule has 0 saturated carbocycles. The molecule has 0 amide bonds. The van der Waals surface area contributed by atoms with E-state index in [2.05, 4.69) is 25.6 Å². The third-order valence-electron chi connectivity index (χ3n) is 3.44. The summed E-state index contributed by atoms with van der Waals surface area (Å²) in [6, 6.07) is 9.53. The molecule has 0 bridgehead atoms. The molecule has 4 N–H and O–H groups in total. The molecular formula is C15H12N5NaO7S2. The molecule has 0 atom stereocenters. The summed E-state index contributed by atoms with van der Waals surface area (Å²) in [5.41, 5.74) is -0.213. The molecular weight excluding hydrogens is 449 g/mol. The van der Waals surface area contributed by atoms with Gasteiger partial charge >= 0.3 is 29.6 Å². The predicted octanol–water partition coefficient (Wildman–Crippen LogP) is -2.07. The summed E-state index contributed by atoms with van der Waals surface area (Å²) in [6.45, 7) is 0. The van der Waals surface area contributed by atoms with Crippen molar-refractivity contribution in [2.75, 3.05) is 10.6 Å². The molecule has 0 saturated heterocycles. The normalized spacial score (nSPS) is 11.4. The first-order valence-corrected chi connectivity index (χ1v) is 10.5. The van der Waals surface area contributed by atoms with Gasteiger partial charge in [-0.25, -0.2) is 9.97 Å². The van der Waals surface area contributed by atoms with Crippen LogP contribution in [0.2, 0.25) is 0 Å². The van der Waals surface area contributed by atoms with Crippen molar-refractivity contribution in [2.24, 2.45) is 0 Å². The molecule has 1 aromatic heterocycles. The zero-order valence-corrected chi connectivity index (χ0v) is 18.8. The smallest absolute Gasteiger partial charge is 0.844 e. The van der Waals surface area contributed by atoms with Gasteiger partial charge in [0, 0.05) is 0 Å². The van der Waals surface area contributed by atoms with Gasteiger partial charge in [-0.2, -0.15) is 21.8 Å². The van der Waals surface area contributed by atoms with Gasteiger partial charge in [-0.15, -0.1) is 0 Å². The van der Waals surface area contributed by atoms with Crippen LogP contribution in [0.4, 0.5) is 23.3 Å². The maximum absolute atomic E-state index is 11.8. The molecule has 0 fully saturated rings. The van der Waals surface area contributed by atoms with Crippen molar-refractivity contribution in [3.05, 3.63) is 48.5 Å². The van der Waals surface area contributed by atoms with Gasteiger partial charge in [-0.05, 0) is 24.3 Å². The first kappa shape index (κ1) is 23.9. The maximum atomic E-state index is 11.8. The molecule has 15 heteroatoms. The topological polar surface area (TPSA) is 195 Å². The number of rotatable bonds is 6. The SMILES string of the molecule is O=S(=O)(O)c1ccccc1Nc1nc([O-])nc(Nc2ccccc2S(=O)(=O)O)n1.[Na+]. The van der Waals surface area contributed by atoms with Gasteiger partial charge < -0.3 is 15.7 Å². The third kappa shape index (κ3) is 5.85. The zero-order valence-electron chi connectivity index (χ0n) is 15.2. The Hall–Kier alpha value is -2.33. The molecule has 0 aliphatic carbocycles. The number of hydrogen-bond acceptors (Lipinski definition) is 10. The second kappa shape index (κ2) is 9.22. The molecule has 30 heavy (non-hydrogen) atoms. The summed E-state index contributed by atoms with van der Waals surface area (Å²) in [5.74, 6) is -0.735. The first-order chi connectivity index (χ1) is 13.5. The van der Waals surface area contributed by atoms with Crippen LogP contribution in [0.25, 0.3) is 0 Å². The monoisotopic (exact) mass is 461 g/mol. The molecule has 0 unspecified atom stereocenters. The molecule has 152 valence electrons. The van der Waals surface area contributed by atoms with Crippen LogP contribution in [0.1, 0.15) is 0 Å². The molecule has 0 spiro atoms. The Bertz CT molecular complexity index is 1190. The average molecular weight is 461 g/mol. The van der Waals surface area contributed by atoms with E-state index < -0.39 is 36.0 Å². The van der Waals surface area contributed by atoms with Crippen LogP contribution in [0, 0.1) is 0 Å². The fraction of sp³-hybridized carbons (Fsp3) is 0. The molecule has 0 aliphatic heterocycles. The van der Waals surface area contributed by atoms with Gasteiger partial charge in [0.2, 0.25) is 11.9 Å². The summed E-state index contributed by atoms with van der Waals surface area (Å²) >= 11 is 0. The average Bonchev–Trinajstić information content (AvgIpc) is 2.60. The molecule has 1 heterocycles. The van der Waals surface area contributed by atoms with Crippen LogP contribution >= 0.6 is 0 Å². The van der Waals surface area contributed by atoms with Crippen molar-refractivity contribution in [2.45, 2.75) is 9.79 Å². The second-order valence-electron chi connectivity index (χ2n) is 5.46. The Morgan fingerprint density at radius 2 is 1.07 bits per heavy atom. The van der Waals surface area contributed by atoms with Crippen molar-refractivity contribution in [3.63, 3.8) is 0 Å². The molecule has 3 rings (SSSR count). The summed E-state index contributed by atoms with van der Waals surface area (Å²) in [4.78, 5) is 9.91. The molecule has 0 radical (unpaired) electrons. The van der Waals surface area contributed by atoms with Gasteiger partial charge in [0.1, 0.15) is 9.79 Å². The second-order valence-corrected chi connectivity index (χ2v) is 8.24. The number of nitrogens with zero attached hydrogens (tertiary/aromatic N) is 3. The van der Waals surface area contributed by atoms with Crippen LogP contribution in [0.5, 0.6) is 6.01 Å². The van der Waals surface area contributed by atoms with Crippen molar-refractivity contribution < 1.29 is 60.6 Å². The van der Waals surface area contributed by atoms with E-state index >= 15 is 0 Å². The van der Waals surface area contributed by atoms with E-state index in [1.165, 1.54) is 36.4 Å². The molecule has 2 aromatic carbocycles. The summed E-state index contributed by atoms with van der Waals surface area (Å²) < 4.78 is 64.4. The fourth-order valence-corrected chi connectivity index (χ4v) is 3.59. The van der Waals surface area contributed by atoms with Gasteiger partial charge in [-0.3, -0.25) is 9.11 Å². The minimum absolute atomic E-state index is 0. The Kier molecular flexibility index (Phi) is 7.36. The van der Waals surface area contributed by atoms with Gasteiger partial charge in [-0.1, -0.05) is 24.3 Å². The quantitative estimate of drug-likeness (QED) is 0.232.